The van der Waals surface area contributed by atoms with E-state index in [2.05, 4.69) is 15.9 Å². The third kappa shape index (κ3) is 3.66. The molecule has 5 nitrogen and oxygen atoms in total. The van der Waals surface area contributed by atoms with E-state index in [-0.39, 0.29) is 17.7 Å². The van der Waals surface area contributed by atoms with Gasteiger partial charge < -0.3 is 4.74 Å². The Hall–Kier alpha value is -2.86. The molecule has 27 heavy (non-hydrogen) atoms. The zero-order valence-electron chi connectivity index (χ0n) is 14.4. The first kappa shape index (κ1) is 18.9. The van der Waals surface area contributed by atoms with Crippen LogP contribution < -0.4 is 0 Å². The molecule has 0 heterocycles. The number of rotatable bonds is 5. The van der Waals surface area contributed by atoms with E-state index in [1.54, 1.807) is 49.4 Å². The Kier molecular flexibility index (Phi) is 5.46. The number of carbonyl (C=O) groups excluding carboxylic acids is 4. The van der Waals surface area contributed by atoms with E-state index in [0.717, 1.165) is 6.08 Å². The van der Waals surface area contributed by atoms with Crippen LogP contribution in [0.3, 0.4) is 0 Å². The lowest BCUT2D eigenvalue weighted by atomic mass is 9.79. The summed E-state index contributed by atoms with van der Waals surface area (Å²) in [5.41, 5.74) is 1.02. The number of ketones is 3. The van der Waals surface area contributed by atoms with Crippen LogP contribution >= 0.6 is 15.9 Å². The van der Waals surface area contributed by atoms with Gasteiger partial charge >= 0.3 is 5.97 Å². The molecule has 0 bridgehead atoms. The standard InChI is InChI=1S/C21H15BrO5/c1-2-27-21(26)18(19(24)12-6-4-3-5-7-12)16-11-17(23)20(25)14-9-8-13(22)10-15(14)16/h3-11,18H,2H2,1H3/t18-/m1/s1. The van der Waals surface area contributed by atoms with Crippen LogP contribution in [0.2, 0.25) is 0 Å². The molecular weight excluding hydrogens is 412 g/mol. The SMILES string of the molecule is CCOC(=O)[C@@H](C(=O)c1ccccc1)C1=CC(=O)C(=O)c2ccc(Br)cc21. The molecule has 0 unspecified atom stereocenters. The highest BCUT2D eigenvalue weighted by atomic mass is 79.9. The summed E-state index contributed by atoms with van der Waals surface area (Å²) >= 11 is 3.33. The van der Waals surface area contributed by atoms with Gasteiger partial charge in [0.15, 0.2) is 5.78 Å². The minimum Gasteiger partial charge on any atom is -0.465 e. The van der Waals surface area contributed by atoms with E-state index in [0.29, 0.717) is 15.6 Å². The van der Waals surface area contributed by atoms with Gasteiger partial charge in [0.05, 0.1) is 6.61 Å². The van der Waals surface area contributed by atoms with Gasteiger partial charge in [-0.05, 0) is 42.3 Å². The minimum absolute atomic E-state index is 0.0862. The maximum Gasteiger partial charge on any atom is 0.321 e. The van der Waals surface area contributed by atoms with E-state index in [1.807, 2.05) is 0 Å². The number of esters is 1. The molecule has 3 rings (SSSR count). The fraction of sp³-hybridized carbons (Fsp3) is 0.143. The molecule has 2 aromatic rings. The van der Waals surface area contributed by atoms with Crippen molar-refractivity contribution in [2.75, 3.05) is 6.61 Å². The fourth-order valence-electron chi connectivity index (χ4n) is 2.98. The summed E-state index contributed by atoms with van der Waals surface area (Å²) < 4.78 is 5.76. The third-order valence-corrected chi connectivity index (χ3v) is 4.69. The van der Waals surface area contributed by atoms with Crippen molar-refractivity contribution in [3.05, 3.63) is 75.8 Å². The second kappa shape index (κ2) is 7.80. The van der Waals surface area contributed by atoms with E-state index in [1.165, 1.54) is 6.07 Å². The van der Waals surface area contributed by atoms with Gasteiger partial charge in [-0.15, -0.1) is 0 Å². The molecule has 0 saturated heterocycles. The van der Waals surface area contributed by atoms with Gasteiger partial charge in [-0.3, -0.25) is 19.2 Å². The van der Waals surface area contributed by atoms with Crippen LogP contribution in [-0.4, -0.2) is 29.9 Å². The molecule has 2 aromatic carbocycles. The van der Waals surface area contributed by atoms with Crippen molar-refractivity contribution in [1.29, 1.82) is 0 Å². The van der Waals surface area contributed by atoms with Crippen LogP contribution in [0.25, 0.3) is 5.57 Å². The number of benzene rings is 2. The molecule has 0 amide bonds. The molecule has 0 aromatic heterocycles. The van der Waals surface area contributed by atoms with E-state index in [9.17, 15) is 19.2 Å². The normalized spacial score (nSPS) is 14.2. The summed E-state index contributed by atoms with van der Waals surface area (Å²) in [5.74, 6) is -4.03. The van der Waals surface area contributed by atoms with Gasteiger partial charge in [0.25, 0.3) is 0 Å². The van der Waals surface area contributed by atoms with Crippen molar-refractivity contribution in [2.45, 2.75) is 6.92 Å². The zero-order chi connectivity index (χ0) is 19.6. The maximum atomic E-state index is 13.1. The summed E-state index contributed by atoms with van der Waals surface area (Å²) in [6, 6.07) is 13.1. The molecule has 1 aliphatic carbocycles. The summed E-state index contributed by atoms with van der Waals surface area (Å²) in [6.45, 7) is 1.72. The minimum atomic E-state index is -1.34. The molecule has 0 radical (unpaired) electrons. The highest BCUT2D eigenvalue weighted by Crippen LogP contribution is 2.35. The Balaban J connectivity index is 2.18. The van der Waals surface area contributed by atoms with E-state index < -0.39 is 29.2 Å². The van der Waals surface area contributed by atoms with Crippen molar-refractivity contribution in [3.63, 3.8) is 0 Å². The lowest BCUT2D eigenvalue weighted by Crippen LogP contribution is -2.31. The van der Waals surface area contributed by atoms with Crippen LogP contribution in [0.15, 0.2) is 59.1 Å². The first-order chi connectivity index (χ1) is 12.9. The van der Waals surface area contributed by atoms with Gasteiger partial charge in [0, 0.05) is 15.6 Å². The largest absolute Gasteiger partial charge is 0.465 e. The third-order valence-electron chi connectivity index (χ3n) is 4.20. The number of Topliss-reactive ketones (excluding diaryl/α,β-unsaturated/α-hetero) is 2. The number of allylic oxidation sites excluding steroid dienone is 1. The highest BCUT2D eigenvalue weighted by molar-refractivity contribution is 9.10. The molecule has 0 N–H and O–H groups in total. The Morgan fingerprint density at radius 2 is 1.74 bits per heavy atom. The molecule has 1 atom stereocenters. The molecule has 0 spiro atoms. The fourth-order valence-corrected chi connectivity index (χ4v) is 3.34. The van der Waals surface area contributed by atoms with Gasteiger partial charge in [-0.1, -0.05) is 46.3 Å². The molecule has 0 aliphatic heterocycles. The Bertz CT molecular complexity index is 975. The topological polar surface area (TPSA) is 77.5 Å². The number of halogens is 1. The summed E-state index contributed by atoms with van der Waals surface area (Å²) in [6.07, 6.45) is 1.07. The lowest BCUT2D eigenvalue weighted by molar-refractivity contribution is -0.144. The Labute approximate surface area is 164 Å². The molecule has 6 heteroatoms. The Morgan fingerprint density at radius 3 is 2.41 bits per heavy atom. The highest BCUT2D eigenvalue weighted by Gasteiger charge is 2.38. The number of hydrogen-bond donors (Lipinski definition) is 0. The molecule has 0 saturated carbocycles. The van der Waals surface area contributed by atoms with Crippen LogP contribution in [-0.2, 0) is 14.3 Å². The zero-order valence-corrected chi connectivity index (χ0v) is 16.0. The Morgan fingerprint density at radius 1 is 1.04 bits per heavy atom. The van der Waals surface area contributed by atoms with E-state index >= 15 is 0 Å². The van der Waals surface area contributed by atoms with Gasteiger partial charge in [0.1, 0.15) is 5.92 Å². The van der Waals surface area contributed by atoms with Crippen molar-refractivity contribution in [1.82, 2.24) is 0 Å². The summed E-state index contributed by atoms with van der Waals surface area (Å²) in [5, 5.41) is 0. The average Bonchev–Trinajstić information content (AvgIpc) is 2.66. The van der Waals surface area contributed by atoms with Gasteiger partial charge in [0.2, 0.25) is 11.6 Å². The molecule has 0 fully saturated rings. The molecular formula is C21H15BrO5. The first-order valence-electron chi connectivity index (χ1n) is 8.30. The second-order valence-electron chi connectivity index (χ2n) is 5.90. The monoisotopic (exact) mass is 426 g/mol. The summed E-state index contributed by atoms with van der Waals surface area (Å²) in [4.78, 5) is 50.2. The van der Waals surface area contributed by atoms with Gasteiger partial charge in [-0.25, -0.2) is 0 Å². The molecule has 136 valence electrons. The predicted molar refractivity (Wildman–Crippen MR) is 102 cm³/mol. The van der Waals surface area contributed by atoms with Crippen molar-refractivity contribution < 1.29 is 23.9 Å². The van der Waals surface area contributed by atoms with Crippen LogP contribution in [0, 0.1) is 5.92 Å². The molecule has 1 aliphatic rings. The van der Waals surface area contributed by atoms with Crippen LogP contribution in [0.4, 0.5) is 0 Å². The van der Waals surface area contributed by atoms with Crippen molar-refractivity contribution in [3.8, 4) is 0 Å². The first-order valence-corrected chi connectivity index (χ1v) is 9.09. The van der Waals surface area contributed by atoms with E-state index in [4.69, 9.17) is 4.74 Å². The maximum absolute atomic E-state index is 13.1. The second-order valence-corrected chi connectivity index (χ2v) is 6.81. The van der Waals surface area contributed by atoms with Gasteiger partial charge in [-0.2, -0.15) is 0 Å². The number of hydrogen-bond acceptors (Lipinski definition) is 5. The average molecular weight is 427 g/mol. The predicted octanol–water partition coefficient (Wildman–Crippen LogP) is 3.66. The smallest absolute Gasteiger partial charge is 0.321 e. The summed E-state index contributed by atoms with van der Waals surface area (Å²) in [7, 11) is 0. The quantitative estimate of drug-likeness (QED) is 0.315. The number of carbonyl (C=O) groups is 4. The van der Waals surface area contributed by atoms with Crippen molar-refractivity contribution >= 4 is 44.8 Å². The number of ether oxygens (including phenoxy) is 1. The number of fused-ring (bicyclic) bond motifs is 1. The lowest BCUT2D eigenvalue weighted by Gasteiger charge is -2.23. The van der Waals surface area contributed by atoms with Crippen molar-refractivity contribution in [2.24, 2.45) is 5.92 Å². The van der Waals surface area contributed by atoms with Crippen LogP contribution in [0.5, 0.6) is 0 Å². The van der Waals surface area contributed by atoms with Crippen LogP contribution in [0.1, 0.15) is 33.2 Å².